The van der Waals surface area contributed by atoms with E-state index in [0.717, 1.165) is 0 Å². The predicted octanol–water partition coefficient (Wildman–Crippen LogP) is 1.16. The van der Waals surface area contributed by atoms with Gasteiger partial charge in [0.15, 0.2) is 12.4 Å². The number of carbonyl (C=O) groups excluding carboxylic acids is 4. The van der Waals surface area contributed by atoms with Crippen molar-refractivity contribution in [2.75, 3.05) is 6.61 Å². The van der Waals surface area contributed by atoms with E-state index < -0.39 is 48.4 Å². The molecule has 154 valence electrons. The lowest BCUT2D eigenvalue weighted by molar-refractivity contribution is -0.298. The minimum absolute atomic E-state index is 0.00656. The quantitative estimate of drug-likeness (QED) is 0.446. The first kappa shape index (κ1) is 23.0. The lowest BCUT2D eigenvalue weighted by Crippen LogP contribution is -2.59. The third-order valence-corrected chi connectivity index (χ3v) is 3.76. The summed E-state index contributed by atoms with van der Waals surface area (Å²) in [5.41, 5.74) is 0. The molecule has 9 nitrogen and oxygen atoms in total. The van der Waals surface area contributed by atoms with Crippen molar-refractivity contribution in [3.8, 4) is 0 Å². The molecule has 0 aromatic rings. The molecule has 0 N–H and O–H groups in total. The Morgan fingerprint density at radius 2 is 1.44 bits per heavy atom. The van der Waals surface area contributed by atoms with Gasteiger partial charge in [0.05, 0.1) is 12.0 Å². The maximum Gasteiger partial charge on any atom is 0.303 e. The van der Waals surface area contributed by atoms with Gasteiger partial charge in [0.25, 0.3) is 0 Å². The molecule has 0 aromatic heterocycles. The molecular formula is C18H28O9. The van der Waals surface area contributed by atoms with Crippen molar-refractivity contribution >= 4 is 23.7 Å². The summed E-state index contributed by atoms with van der Waals surface area (Å²) >= 11 is 0. The number of rotatable bonds is 8. The second kappa shape index (κ2) is 10.4. The molecule has 27 heavy (non-hydrogen) atoms. The lowest BCUT2D eigenvalue weighted by Gasteiger charge is -2.45. The SMILES string of the molecule is CC(=O)C[C@H]1[C@@H](OC(C)C)O[C@H](COC(C)=O)[C@@H](OC(C)=O)[C@@H]1OC(C)=O. The topological polar surface area (TPSA) is 114 Å². The highest BCUT2D eigenvalue weighted by atomic mass is 16.7. The molecule has 9 heteroatoms. The van der Waals surface area contributed by atoms with Crippen LogP contribution in [0.15, 0.2) is 0 Å². The zero-order chi connectivity index (χ0) is 20.7. The molecule has 1 heterocycles. The summed E-state index contributed by atoms with van der Waals surface area (Å²) in [7, 11) is 0. The first-order valence-corrected chi connectivity index (χ1v) is 8.79. The van der Waals surface area contributed by atoms with E-state index in [2.05, 4.69) is 0 Å². The van der Waals surface area contributed by atoms with Crippen LogP contribution < -0.4 is 0 Å². The fourth-order valence-corrected chi connectivity index (χ4v) is 2.92. The van der Waals surface area contributed by atoms with Crippen LogP contribution in [0.4, 0.5) is 0 Å². The molecule has 0 amide bonds. The maximum absolute atomic E-state index is 11.8. The lowest BCUT2D eigenvalue weighted by atomic mass is 9.86. The third kappa shape index (κ3) is 7.64. The second-order valence-corrected chi connectivity index (χ2v) is 6.75. The van der Waals surface area contributed by atoms with E-state index in [-0.39, 0.29) is 24.9 Å². The zero-order valence-electron chi connectivity index (χ0n) is 16.6. The smallest absolute Gasteiger partial charge is 0.303 e. The van der Waals surface area contributed by atoms with Crippen molar-refractivity contribution in [2.45, 2.75) is 78.7 Å². The highest BCUT2D eigenvalue weighted by Gasteiger charge is 2.51. The molecule has 5 atom stereocenters. The minimum atomic E-state index is -1.05. The summed E-state index contributed by atoms with van der Waals surface area (Å²) < 4.78 is 27.3. The van der Waals surface area contributed by atoms with E-state index in [9.17, 15) is 19.2 Å². The van der Waals surface area contributed by atoms with Crippen molar-refractivity contribution in [1.82, 2.24) is 0 Å². The van der Waals surface area contributed by atoms with Crippen LogP contribution in [-0.2, 0) is 42.9 Å². The van der Waals surface area contributed by atoms with E-state index in [4.69, 9.17) is 23.7 Å². The highest BCUT2D eigenvalue weighted by molar-refractivity contribution is 5.76. The molecule has 0 aromatic carbocycles. The van der Waals surface area contributed by atoms with E-state index in [1.54, 1.807) is 13.8 Å². The average molecular weight is 388 g/mol. The molecule has 1 saturated heterocycles. The number of ketones is 1. The number of hydrogen-bond acceptors (Lipinski definition) is 9. The van der Waals surface area contributed by atoms with Crippen molar-refractivity contribution in [3.63, 3.8) is 0 Å². The summed E-state index contributed by atoms with van der Waals surface area (Å²) in [4.78, 5) is 46.2. The average Bonchev–Trinajstić information content (AvgIpc) is 2.49. The Kier molecular flexibility index (Phi) is 8.84. The van der Waals surface area contributed by atoms with Crippen LogP contribution in [-0.4, -0.2) is 61.0 Å². The predicted molar refractivity (Wildman–Crippen MR) is 91.4 cm³/mol. The van der Waals surface area contributed by atoms with Gasteiger partial charge >= 0.3 is 17.9 Å². The monoisotopic (exact) mass is 388 g/mol. The minimum Gasteiger partial charge on any atom is -0.463 e. The van der Waals surface area contributed by atoms with E-state index in [1.165, 1.54) is 27.7 Å². The van der Waals surface area contributed by atoms with Crippen LogP contribution in [0.1, 0.15) is 48.0 Å². The molecule has 0 unspecified atom stereocenters. The van der Waals surface area contributed by atoms with Gasteiger partial charge < -0.3 is 28.5 Å². The Labute approximate surface area is 158 Å². The highest BCUT2D eigenvalue weighted by Crippen LogP contribution is 2.34. The van der Waals surface area contributed by atoms with Crippen LogP contribution in [0.5, 0.6) is 0 Å². The molecule has 1 rings (SSSR count). The number of esters is 3. The van der Waals surface area contributed by atoms with E-state index >= 15 is 0 Å². The summed E-state index contributed by atoms with van der Waals surface area (Å²) in [5, 5.41) is 0. The van der Waals surface area contributed by atoms with Crippen LogP contribution in [0, 0.1) is 5.92 Å². The molecular weight excluding hydrogens is 360 g/mol. The Balaban J connectivity index is 3.27. The standard InChI is InChI=1S/C18H28O9/c1-9(2)24-18-14(7-10(3)19)16(25-12(5)21)17(26-13(6)22)15(27-18)8-23-11(4)20/h9,14-18H,7-8H2,1-6H3/t14-,15-,16-,17-,18+/m1/s1. The van der Waals surface area contributed by atoms with Gasteiger partial charge in [-0.2, -0.15) is 0 Å². The third-order valence-electron chi connectivity index (χ3n) is 3.76. The summed E-state index contributed by atoms with van der Waals surface area (Å²) in [6, 6.07) is 0. The molecule has 0 radical (unpaired) electrons. The van der Waals surface area contributed by atoms with Crippen molar-refractivity contribution < 1.29 is 42.9 Å². The van der Waals surface area contributed by atoms with Gasteiger partial charge in [-0.25, -0.2) is 0 Å². The molecule has 0 spiro atoms. The summed E-state index contributed by atoms with van der Waals surface area (Å²) in [6.07, 6.45) is -4.13. The molecule has 1 aliphatic rings. The first-order chi connectivity index (χ1) is 12.5. The van der Waals surface area contributed by atoms with Gasteiger partial charge in [-0.05, 0) is 20.8 Å². The zero-order valence-corrected chi connectivity index (χ0v) is 16.6. The van der Waals surface area contributed by atoms with Crippen molar-refractivity contribution in [1.29, 1.82) is 0 Å². The Morgan fingerprint density at radius 1 is 0.889 bits per heavy atom. The summed E-state index contributed by atoms with van der Waals surface area (Å²) in [5.74, 6) is -2.64. The normalized spacial score (nSPS) is 27.7. The second-order valence-electron chi connectivity index (χ2n) is 6.75. The maximum atomic E-state index is 11.8. The van der Waals surface area contributed by atoms with Crippen LogP contribution in [0.2, 0.25) is 0 Å². The first-order valence-electron chi connectivity index (χ1n) is 8.79. The Morgan fingerprint density at radius 3 is 1.89 bits per heavy atom. The number of hydrogen-bond donors (Lipinski definition) is 0. The Bertz CT molecular complexity index is 557. The molecule has 1 aliphatic heterocycles. The van der Waals surface area contributed by atoms with E-state index in [0.29, 0.717) is 0 Å². The van der Waals surface area contributed by atoms with Gasteiger partial charge in [0, 0.05) is 27.2 Å². The number of ether oxygens (including phenoxy) is 5. The fraction of sp³-hybridized carbons (Fsp3) is 0.778. The largest absolute Gasteiger partial charge is 0.463 e. The number of carbonyl (C=O) groups is 4. The van der Waals surface area contributed by atoms with Crippen LogP contribution in [0.25, 0.3) is 0 Å². The molecule has 0 saturated carbocycles. The Hall–Kier alpha value is -2.00. The van der Waals surface area contributed by atoms with Crippen molar-refractivity contribution in [2.24, 2.45) is 5.92 Å². The van der Waals surface area contributed by atoms with Gasteiger partial charge in [-0.1, -0.05) is 0 Å². The van der Waals surface area contributed by atoms with Gasteiger partial charge in [-0.3, -0.25) is 14.4 Å². The number of Topliss-reactive ketones (excluding diaryl/α,β-unsaturated/α-hetero) is 1. The van der Waals surface area contributed by atoms with Gasteiger partial charge in [-0.15, -0.1) is 0 Å². The molecule has 0 bridgehead atoms. The molecule has 0 aliphatic carbocycles. The summed E-state index contributed by atoms with van der Waals surface area (Å²) in [6.45, 7) is 8.38. The van der Waals surface area contributed by atoms with Crippen LogP contribution >= 0.6 is 0 Å². The fourth-order valence-electron chi connectivity index (χ4n) is 2.92. The van der Waals surface area contributed by atoms with Gasteiger partial charge in [0.2, 0.25) is 0 Å². The van der Waals surface area contributed by atoms with Crippen LogP contribution in [0.3, 0.4) is 0 Å². The van der Waals surface area contributed by atoms with Crippen molar-refractivity contribution in [3.05, 3.63) is 0 Å². The van der Waals surface area contributed by atoms with E-state index in [1.807, 2.05) is 0 Å². The van der Waals surface area contributed by atoms with Gasteiger partial charge in [0.1, 0.15) is 24.6 Å². The molecule has 1 fully saturated rings.